The summed E-state index contributed by atoms with van der Waals surface area (Å²) in [6.45, 7) is 0. The number of imidazole rings is 1. The van der Waals surface area contributed by atoms with Crippen molar-refractivity contribution in [1.82, 2.24) is 14.1 Å². The molecule has 0 atom stereocenters. The van der Waals surface area contributed by atoms with Crippen molar-refractivity contribution in [3.63, 3.8) is 0 Å². The van der Waals surface area contributed by atoms with Crippen LogP contribution in [0.2, 0.25) is 0 Å². The third-order valence-electron chi connectivity index (χ3n) is 4.42. The number of pyridine rings is 1. The molecule has 0 N–H and O–H groups in total. The van der Waals surface area contributed by atoms with Gasteiger partial charge >= 0.3 is 15.8 Å². The average Bonchev–Trinajstić information content (AvgIpc) is 2.94. The quantitative estimate of drug-likeness (QED) is 0.469. The van der Waals surface area contributed by atoms with Crippen LogP contribution >= 0.6 is 0 Å². The fourth-order valence-electron chi connectivity index (χ4n) is 2.91. The zero-order chi connectivity index (χ0) is 20.6. The topological polar surface area (TPSA) is 92.4 Å². The number of rotatable bonds is 5. The van der Waals surface area contributed by atoms with E-state index < -0.39 is 10.1 Å². The lowest BCUT2D eigenvalue weighted by Crippen LogP contribution is -2.19. The van der Waals surface area contributed by atoms with E-state index in [-0.39, 0.29) is 16.3 Å². The fourth-order valence-corrected chi connectivity index (χ4v) is 3.86. The second kappa shape index (κ2) is 7.10. The summed E-state index contributed by atoms with van der Waals surface area (Å²) in [5, 5.41) is 0. The Bertz CT molecular complexity index is 1340. The molecule has 9 heteroatoms. The predicted octanol–water partition coefficient (Wildman–Crippen LogP) is 2.83. The number of nitrogens with zero attached hydrogens (tertiary/aromatic N) is 3. The van der Waals surface area contributed by atoms with Crippen LogP contribution in [0.15, 0.2) is 76.6 Å². The molecule has 0 aliphatic heterocycles. The molecule has 0 aliphatic rings. The van der Waals surface area contributed by atoms with Gasteiger partial charge in [-0.05, 0) is 48.5 Å². The molecular formula is C20H17N3O5S. The van der Waals surface area contributed by atoms with Crippen molar-refractivity contribution in [2.24, 2.45) is 14.1 Å². The zero-order valence-electron chi connectivity index (χ0n) is 15.6. The first-order valence-corrected chi connectivity index (χ1v) is 10.0. The van der Waals surface area contributed by atoms with Crippen LogP contribution in [0.1, 0.15) is 0 Å². The predicted molar refractivity (Wildman–Crippen MR) is 107 cm³/mol. The molecule has 2 aromatic heterocycles. The van der Waals surface area contributed by atoms with Gasteiger partial charge in [-0.3, -0.25) is 9.13 Å². The van der Waals surface area contributed by atoms with E-state index in [1.54, 1.807) is 56.7 Å². The van der Waals surface area contributed by atoms with E-state index >= 15 is 0 Å². The van der Waals surface area contributed by atoms with Crippen molar-refractivity contribution >= 4 is 21.2 Å². The Morgan fingerprint density at radius 1 is 0.862 bits per heavy atom. The van der Waals surface area contributed by atoms with Gasteiger partial charge in [0, 0.05) is 26.4 Å². The second-order valence-electron chi connectivity index (χ2n) is 6.33. The number of hydrogen-bond acceptors (Lipinski definition) is 6. The standard InChI is InChI=1S/C20H17N3O5S/c1-22-17-11-10-16(13-18(17)23(2)20(22)24)29(25,26)28-15-8-6-14(7-9-15)27-19-5-3-4-12-21-19/h3-13H,1-2H3. The summed E-state index contributed by atoms with van der Waals surface area (Å²) < 4.78 is 39.0. The molecular weight excluding hydrogens is 394 g/mol. The van der Waals surface area contributed by atoms with Crippen LogP contribution in [-0.2, 0) is 24.2 Å². The smallest absolute Gasteiger partial charge is 0.339 e. The van der Waals surface area contributed by atoms with Crippen molar-refractivity contribution in [3.05, 3.63) is 77.3 Å². The lowest BCUT2D eigenvalue weighted by Gasteiger charge is -2.09. The molecule has 0 saturated carbocycles. The van der Waals surface area contributed by atoms with E-state index in [1.165, 1.54) is 33.4 Å². The SMILES string of the molecule is Cn1c(=O)n(C)c2cc(S(=O)(=O)Oc3ccc(Oc4ccccn4)cc3)ccc21. The maximum Gasteiger partial charge on any atom is 0.339 e. The summed E-state index contributed by atoms with van der Waals surface area (Å²) in [5.41, 5.74) is 0.896. The number of fused-ring (bicyclic) bond motifs is 1. The van der Waals surface area contributed by atoms with Crippen molar-refractivity contribution < 1.29 is 17.3 Å². The van der Waals surface area contributed by atoms with E-state index in [0.717, 1.165) is 0 Å². The maximum absolute atomic E-state index is 12.7. The monoisotopic (exact) mass is 411 g/mol. The lowest BCUT2D eigenvalue weighted by atomic mass is 10.3. The van der Waals surface area contributed by atoms with E-state index in [9.17, 15) is 13.2 Å². The number of ether oxygens (including phenoxy) is 1. The zero-order valence-corrected chi connectivity index (χ0v) is 16.5. The van der Waals surface area contributed by atoms with Gasteiger partial charge in [-0.2, -0.15) is 8.42 Å². The maximum atomic E-state index is 12.7. The summed E-state index contributed by atoms with van der Waals surface area (Å²) >= 11 is 0. The van der Waals surface area contributed by atoms with Gasteiger partial charge < -0.3 is 8.92 Å². The highest BCUT2D eigenvalue weighted by Gasteiger charge is 2.19. The molecule has 0 aliphatic carbocycles. The Balaban J connectivity index is 1.58. The number of aryl methyl sites for hydroxylation is 2. The first kappa shape index (κ1) is 18.8. The molecule has 0 radical (unpaired) electrons. The van der Waals surface area contributed by atoms with Gasteiger partial charge in [-0.15, -0.1) is 0 Å². The van der Waals surface area contributed by atoms with Crippen LogP contribution in [0.25, 0.3) is 11.0 Å². The molecule has 0 unspecified atom stereocenters. The first-order chi connectivity index (χ1) is 13.8. The van der Waals surface area contributed by atoms with Gasteiger partial charge in [0.15, 0.2) is 0 Å². The molecule has 0 saturated heterocycles. The van der Waals surface area contributed by atoms with E-state index in [4.69, 9.17) is 8.92 Å². The lowest BCUT2D eigenvalue weighted by molar-refractivity contribution is 0.459. The third kappa shape index (κ3) is 3.59. The van der Waals surface area contributed by atoms with Crippen LogP contribution in [0, 0.1) is 0 Å². The summed E-state index contributed by atoms with van der Waals surface area (Å²) in [7, 11) is -0.860. The van der Waals surface area contributed by atoms with Gasteiger partial charge in [-0.1, -0.05) is 6.07 Å². The molecule has 148 valence electrons. The molecule has 4 rings (SSSR count). The summed E-state index contributed by atoms with van der Waals surface area (Å²) in [5.74, 6) is 1.06. The van der Waals surface area contributed by atoms with Crippen LogP contribution in [0.5, 0.6) is 17.4 Å². The highest BCUT2D eigenvalue weighted by atomic mass is 32.2. The molecule has 2 aromatic carbocycles. The highest BCUT2D eigenvalue weighted by Crippen LogP contribution is 2.25. The number of hydrogen-bond donors (Lipinski definition) is 0. The summed E-state index contributed by atoms with van der Waals surface area (Å²) in [4.78, 5) is 16.1. The van der Waals surface area contributed by atoms with E-state index in [1.807, 2.05) is 0 Å². The molecule has 0 spiro atoms. The molecule has 2 heterocycles. The summed E-state index contributed by atoms with van der Waals surface area (Å²) in [6, 6.07) is 15.9. The van der Waals surface area contributed by atoms with Crippen molar-refractivity contribution in [2.45, 2.75) is 4.90 Å². The van der Waals surface area contributed by atoms with E-state index in [2.05, 4.69) is 4.98 Å². The molecule has 0 bridgehead atoms. The van der Waals surface area contributed by atoms with Crippen LogP contribution in [-0.4, -0.2) is 22.5 Å². The van der Waals surface area contributed by atoms with Gasteiger partial charge in [-0.25, -0.2) is 9.78 Å². The minimum Gasteiger partial charge on any atom is -0.439 e. The van der Waals surface area contributed by atoms with Gasteiger partial charge in [0.1, 0.15) is 16.4 Å². The van der Waals surface area contributed by atoms with Gasteiger partial charge in [0.05, 0.1) is 11.0 Å². The minimum absolute atomic E-state index is 0.0417. The Labute approximate surface area is 166 Å². The van der Waals surface area contributed by atoms with Crippen LogP contribution < -0.4 is 14.6 Å². The van der Waals surface area contributed by atoms with Crippen molar-refractivity contribution in [1.29, 1.82) is 0 Å². The average molecular weight is 411 g/mol. The Morgan fingerprint density at radius 2 is 1.55 bits per heavy atom. The Morgan fingerprint density at radius 3 is 2.24 bits per heavy atom. The molecule has 29 heavy (non-hydrogen) atoms. The fraction of sp³-hybridized carbons (Fsp3) is 0.100. The Hall–Kier alpha value is -3.59. The molecule has 4 aromatic rings. The van der Waals surface area contributed by atoms with Crippen LogP contribution in [0.3, 0.4) is 0 Å². The Kier molecular flexibility index (Phi) is 4.59. The van der Waals surface area contributed by atoms with Gasteiger partial charge in [0.25, 0.3) is 0 Å². The van der Waals surface area contributed by atoms with Gasteiger partial charge in [0.2, 0.25) is 5.88 Å². The molecule has 0 fully saturated rings. The minimum atomic E-state index is -4.07. The summed E-state index contributed by atoms with van der Waals surface area (Å²) in [6.07, 6.45) is 1.61. The third-order valence-corrected chi connectivity index (χ3v) is 5.67. The second-order valence-corrected chi connectivity index (χ2v) is 7.88. The normalized spacial score (nSPS) is 11.5. The molecule has 8 nitrogen and oxygen atoms in total. The highest BCUT2D eigenvalue weighted by molar-refractivity contribution is 7.87. The molecule has 0 amide bonds. The number of benzene rings is 2. The van der Waals surface area contributed by atoms with Crippen molar-refractivity contribution in [3.8, 4) is 17.4 Å². The van der Waals surface area contributed by atoms with Crippen LogP contribution in [0.4, 0.5) is 0 Å². The van der Waals surface area contributed by atoms with E-state index in [0.29, 0.717) is 22.7 Å². The van der Waals surface area contributed by atoms with Crippen molar-refractivity contribution in [2.75, 3.05) is 0 Å². The largest absolute Gasteiger partial charge is 0.439 e. The first-order valence-electron chi connectivity index (χ1n) is 8.64. The number of aromatic nitrogens is 3.